The van der Waals surface area contributed by atoms with Crippen LogP contribution in [-0.4, -0.2) is 29.9 Å². The summed E-state index contributed by atoms with van der Waals surface area (Å²) in [6.45, 7) is 5.75. The van der Waals surface area contributed by atoms with E-state index in [2.05, 4.69) is 0 Å². The number of benzene rings is 2. The highest BCUT2D eigenvalue weighted by molar-refractivity contribution is 5.88. The summed E-state index contributed by atoms with van der Waals surface area (Å²) in [5, 5.41) is 0.868. The van der Waals surface area contributed by atoms with Crippen molar-refractivity contribution in [1.82, 2.24) is 4.90 Å². The van der Waals surface area contributed by atoms with Gasteiger partial charge in [-0.05, 0) is 61.7 Å². The average molecular weight is 397 g/mol. The molecule has 0 aliphatic heterocycles. The molecule has 1 amide bonds. The third kappa shape index (κ3) is 4.83. The molecule has 3 aromatic rings. The zero-order valence-electron chi connectivity index (χ0n) is 17.0. The highest BCUT2D eigenvalue weighted by atomic mass is 19.1. The predicted octanol–water partition coefficient (Wildman–Crippen LogP) is 4.32. The van der Waals surface area contributed by atoms with Crippen LogP contribution in [0.5, 0.6) is 0 Å². The van der Waals surface area contributed by atoms with E-state index in [1.54, 1.807) is 25.4 Å². The molecule has 0 radical (unpaired) electrons. The zero-order valence-corrected chi connectivity index (χ0v) is 17.0. The molecule has 1 aromatic heterocycles. The maximum absolute atomic E-state index is 13.3. The van der Waals surface area contributed by atoms with Gasteiger partial charge in [0.2, 0.25) is 0 Å². The third-order valence-electron chi connectivity index (χ3n) is 4.95. The lowest BCUT2D eigenvalue weighted by Crippen LogP contribution is -2.37. The van der Waals surface area contributed by atoms with Crippen molar-refractivity contribution in [3.05, 3.63) is 70.7 Å². The standard InChI is InChI=1S/C23H24FNO4/c1-14-8-20-18(13-28-21(20)9-15(14)2)11-22(26)29-16(3)23(27)25(4)12-17-6-5-7-19(24)10-17/h5-10,13,16H,11-12H2,1-4H3/t16-/m1/s1. The van der Waals surface area contributed by atoms with Gasteiger partial charge in [-0.3, -0.25) is 9.59 Å². The Morgan fingerprint density at radius 1 is 1.17 bits per heavy atom. The SMILES string of the molecule is Cc1cc2occ(CC(=O)O[C@H](C)C(=O)N(C)Cc3cccc(F)c3)c2cc1C. The summed E-state index contributed by atoms with van der Waals surface area (Å²) in [5.41, 5.74) is 4.32. The van der Waals surface area contributed by atoms with Crippen LogP contribution in [0.15, 0.2) is 47.1 Å². The number of fused-ring (bicyclic) bond motifs is 1. The average Bonchev–Trinajstić information content (AvgIpc) is 3.02. The minimum atomic E-state index is -0.941. The number of ether oxygens (including phenoxy) is 1. The molecule has 0 bridgehead atoms. The minimum absolute atomic E-state index is 0.0146. The molecule has 0 unspecified atom stereocenters. The molecule has 0 spiro atoms. The molecule has 0 aliphatic rings. The zero-order chi connectivity index (χ0) is 21.1. The number of aryl methyl sites for hydroxylation is 2. The Morgan fingerprint density at radius 3 is 2.62 bits per heavy atom. The molecule has 1 atom stereocenters. The van der Waals surface area contributed by atoms with Crippen LogP contribution in [0.25, 0.3) is 11.0 Å². The first-order valence-corrected chi connectivity index (χ1v) is 9.41. The molecule has 6 heteroatoms. The molecule has 2 aromatic carbocycles. The van der Waals surface area contributed by atoms with Gasteiger partial charge in [-0.2, -0.15) is 0 Å². The number of likely N-dealkylation sites (N-methyl/N-ethyl adjacent to an activating group) is 1. The van der Waals surface area contributed by atoms with Crippen molar-refractivity contribution >= 4 is 22.8 Å². The van der Waals surface area contributed by atoms with E-state index in [0.717, 1.165) is 27.7 Å². The third-order valence-corrected chi connectivity index (χ3v) is 4.95. The first kappa shape index (κ1) is 20.6. The van der Waals surface area contributed by atoms with Gasteiger partial charge in [0.05, 0.1) is 12.7 Å². The molecule has 0 aliphatic carbocycles. The molecular weight excluding hydrogens is 373 g/mol. The molecule has 152 valence electrons. The number of furan rings is 1. The van der Waals surface area contributed by atoms with E-state index < -0.39 is 12.1 Å². The van der Waals surface area contributed by atoms with Gasteiger partial charge in [-0.25, -0.2) is 4.39 Å². The van der Waals surface area contributed by atoms with Gasteiger partial charge in [0.15, 0.2) is 6.10 Å². The van der Waals surface area contributed by atoms with Crippen molar-refractivity contribution < 1.29 is 23.1 Å². The number of carbonyl (C=O) groups excluding carboxylic acids is 2. The molecule has 29 heavy (non-hydrogen) atoms. The maximum atomic E-state index is 13.3. The van der Waals surface area contributed by atoms with Crippen molar-refractivity contribution in [3.8, 4) is 0 Å². The molecular formula is C23H24FNO4. The Kier molecular flexibility index (Phi) is 6.01. The summed E-state index contributed by atoms with van der Waals surface area (Å²) >= 11 is 0. The molecule has 0 N–H and O–H groups in total. The summed E-state index contributed by atoms with van der Waals surface area (Å²) in [4.78, 5) is 26.3. The van der Waals surface area contributed by atoms with Crippen LogP contribution in [0.4, 0.5) is 4.39 Å². The smallest absolute Gasteiger partial charge is 0.311 e. The van der Waals surface area contributed by atoms with Crippen molar-refractivity contribution in [2.75, 3.05) is 7.05 Å². The normalized spacial score (nSPS) is 12.0. The minimum Gasteiger partial charge on any atom is -0.464 e. The fraction of sp³-hybridized carbons (Fsp3) is 0.304. The number of carbonyl (C=O) groups is 2. The Bertz CT molecular complexity index is 1060. The summed E-state index contributed by atoms with van der Waals surface area (Å²) in [7, 11) is 1.59. The van der Waals surface area contributed by atoms with Crippen LogP contribution in [0, 0.1) is 19.7 Å². The van der Waals surface area contributed by atoms with Crippen LogP contribution in [0.2, 0.25) is 0 Å². The van der Waals surface area contributed by atoms with E-state index in [-0.39, 0.29) is 24.7 Å². The monoisotopic (exact) mass is 397 g/mol. The van der Waals surface area contributed by atoms with E-state index in [9.17, 15) is 14.0 Å². The quantitative estimate of drug-likeness (QED) is 0.581. The Morgan fingerprint density at radius 2 is 1.90 bits per heavy atom. The van der Waals surface area contributed by atoms with Crippen molar-refractivity contribution in [3.63, 3.8) is 0 Å². The van der Waals surface area contributed by atoms with Gasteiger partial charge < -0.3 is 14.1 Å². The Hall–Kier alpha value is -3.15. The van der Waals surface area contributed by atoms with Gasteiger partial charge >= 0.3 is 5.97 Å². The first-order valence-electron chi connectivity index (χ1n) is 9.41. The van der Waals surface area contributed by atoms with Gasteiger partial charge in [0, 0.05) is 24.5 Å². The molecule has 5 nitrogen and oxygen atoms in total. The van der Waals surface area contributed by atoms with E-state index in [0.29, 0.717) is 5.56 Å². The lowest BCUT2D eigenvalue weighted by molar-refractivity contribution is -0.158. The number of esters is 1. The van der Waals surface area contributed by atoms with Crippen LogP contribution in [-0.2, 0) is 27.3 Å². The van der Waals surface area contributed by atoms with Crippen molar-refractivity contribution in [2.24, 2.45) is 0 Å². The Labute approximate surface area is 169 Å². The Balaban J connectivity index is 1.61. The van der Waals surface area contributed by atoms with Gasteiger partial charge in [-0.1, -0.05) is 12.1 Å². The van der Waals surface area contributed by atoms with Crippen LogP contribution < -0.4 is 0 Å². The number of amides is 1. The number of halogens is 1. The van der Waals surface area contributed by atoms with E-state index in [1.807, 2.05) is 26.0 Å². The van der Waals surface area contributed by atoms with Gasteiger partial charge in [0.1, 0.15) is 11.4 Å². The lowest BCUT2D eigenvalue weighted by atomic mass is 10.0. The molecule has 1 heterocycles. The van der Waals surface area contributed by atoms with Crippen molar-refractivity contribution in [2.45, 2.75) is 39.8 Å². The fourth-order valence-corrected chi connectivity index (χ4v) is 3.22. The van der Waals surface area contributed by atoms with Crippen LogP contribution in [0.1, 0.15) is 29.2 Å². The van der Waals surface area contributed by atoms with E-state index >= 15 is 0 Å². The van der Waals surface area contributed by atoms with Crippen LogP contribution >= 0.6 is 0 Å². The second-order valence-electron chi connectivity index (χ2n) is 7.33. The second-order valence-corrected chi connectivity index (χ2v) is 7.33. The summed E-state index contributed by atoms with van der Waals surface area (Å²) in [6.07, 6.45) is 0.622. The number of hydrogen-bond acceptors (Lipinski definition) is 4. The van der Waals surface area contributed by atoms with Gasteiger partial charge in [0.25, 0.3) is 5.91 Å². The summed E-state index contributed by atoms with van der Waals surface area (Å²) < 4.78 is 24.2. The molecule has 0 fully saturated rings. The molecule has 0 saturated heterocycles. The molecule has 0 saturated carbocycles. The number of nitrogens with zero attached hydrogens (tertiary/aromatic N) is 1. The highest BCUT2D eigenvalue weighted by Crippen LogP contribution is 2.25. The summed E-state index contributed by atoms with van der Waals surface area (Å²) in [5.74, 6) is -1.22. The first-order chi connectivity index (χ1) is 13.7. The largest absolute Gasteiger partial charge is 0.464 e. The van der Waals surface area contributed by atoms with E-state index in [4.69, 9.17) is 9.15 Å². The van der Waals surface area contributed by atoms with Crippen molar-refractivity contribution in [1.29, 1.82) is 0 Å². The summed E-state index contributed by atoms with van der Waals surface area (Å²) in [6, 6.07) is 9.96. The highest BCUT2D eigenvalue weighted by Gasteiger charge is 2.22. The number of rotatable bonds is 6. The fourth-order valence-electron chi connectivity index (χ4n) is 3.22. The number of hydrogen-bond donors (Lipinski definition) is 0. The van der Waals surface area contributed by atoms with E-state index in [1.165, 1.54) is 24.0 Å². The van der Waals surface area contributed by atoms with Gasteiger partial charge in [-0.15, -0.1) is 0 Å². The predicted molar refractivity (Wildman–Crippen MR) is 108 cm³/mol. The van der Waals surface area contributed by atoms with Crippen LogP contribution in [0.3, 0.4) is 0 Å². The second kappa shape index (κ2) is 8.47. The topological polar surface area (TPSA) is 59.8 Å². The lowest BCUT2D eigenvalue weighted by Gasteiger charge is -2.21. The molecule has 3 rings (SSSR count). The maximum Gasteiger partial charge on any atom is 0.311 e.